The molecule has 2 N–H and O–H groups in total. The van der Waals surface area contributed by atoms with Crippen LogP contribution in [-0.4, -0.2) is 9.55 Å². The van der Waals surface area contributed by atoms with E-state index in [-0.39, 0.29) is 0 Å². The molecule has 0 spiro atoms. The van der Waals surface area contributed by atoms with Crippen LogP contribution < -0.4 is 5.73 Å². The van der Waals surface area contributed by atoms with E-state index in [1.807, 2.05) is 30.5 Å². The standard InChI is InChI=1S/C15H14ClN3/c16-13-3-4-14-12(7-17)10-19(15(14)6-13)9-11-2-1-5-18-8-11/h1-6,8,10H,7,9,17H2. The molecule has 0 aliphatic heterocycles. The molecule has 0 bridgehead atoms. The van der Waals surface area contributed by atoms with Gasteiger partial charge in [0.2, 0.25) is 0 Å². The van der Waals surface area contributed by atoms with E-state index in [1.54, 1.807) is 6.20 Å². The number of aromatic nitrogens is 2. The van der Waals surface area contributed by atoms with Crippen LogP contribution in [0, 0.1) is 0 Å². The Hall–Kier alpha value is -1.84. The van der Waals surface area contributed by atoms with E-state index >= 15 is 0 Å². The van der Waals surface area contributed by atoms with E-state index in [4.69, 9.17) is 17.3 Å². The Balaban J connectivity index is 2.10. The first-order chi connectivity index (χ1) is 9.28. The summed E-state index contributed by atoms with van der Waals surface area (Å²) in [7, 11) is 0. The van der Waals surface area contributed by atoms with Crippen LogP contribution in [0.25, 0.3) is 10.9 Å². The first kappa shape index (κ1) is 12.2. The zero-order chi connectivity index (χ0) is 13.2. The Bertz CT molecular complexity index is 704. The molecule has 0 atom stereocenters. The van der Waals surface area contributed by atoms with E-state index in [2.05, 4.69) is 21.8 Å². The second-order valence-corrected chi connectivity index (χ2v) is 4.95. The molecular weight excluding hydrogens is 258 g/mol. The summed E-state index contributed by atoms with van der Waals surface area (Å²) in [6.07, 6.45) is 5.74. The van der Waals surface area contributed by atoms with E-state index in [0.717, 1.165) is 33.6 Å². The van der Waals surface area contributed by atoms with E-state index in [9.17, 15) is 0 Å². The molecule has 0 unspecified atom stereocenters. The average molecular weight is 272 g/mol. The molecule has 19 heavy (non-hydrogen) atoms. The number of hydrogen-bond donors (Lipinski definition) is 1. The van der Waals surface area contributed by atoms with E-state index in [1.165, 1.54) is 0 Å². The molecule has 96 valence electrons. The zero-order valence-electron chi connectivity index (χ0n) is 10.4. The summed E-state index contributed by atoms with van der Waals surface area (Å²) in [6.45, 7) is 1.29. The molecule has 2 aromatic heterocycles. The van der Waals surface area contributed by atoms with Crippen LogP contribution in [-0.2, 0) is 13.1 Å². The highest BCUT2D eigenvalue weighted by atomic mass is 35.5. The van der Waals surface area contributed by atoms with Gasteiger partial charge in [0.1, 0.15) is 0 Å². The molecule has 3 aromatic rings. The predicted molar refractivity (Wildman–Crippen MR) is 78.2 cm³/mol. The molecule has 0 aliphatic carbocycles. The lowest BCUT2D eigenvalue weighted by Crippen LogP contribution is -1.99. The molecule has 2 heterocycles. The van der Waals surface area contributed by atoms with Gasteiger partial charge in [-0.25, -0.2) is 0 Å². The lowest BCUT2D eigenvalue weighted by molar-refractivity contribution is 0.825. The van der Waals surface area contributed by atoms with Crippen molar-refractivity contribution in [2.45, 2.75) is 13.1 Å². The van der Waals surface area contributed by atoms with Gasteiger partial charge in [0, 0.05) is 42.1 Å². The summed E-state index contributed by atoms with van der Waals surface area (Å²) in [5, 5.41) is 1.90. The largest absolute Gasteiger partial charge is 0.343 e. The quantitative estimate of drug-likeness (QED) is 0.795. The van der Waals surface area contributed by atoms with Gasteiger partial charge in [-0.3, -0.25) is 4.98 Å². The molecule has 0 fully saturated rings. The zero-order valence-corrected chi connectivity index (χ0v) is 11.1. The molecule has 0 aliphatic rings. The van der Waals surface area contributed by atoms with Crippen molar-refractivity contribution < 1.29 is 0 Å². The van der Waals surface area contributed by atoms with Crippen molar-refractivity contribution in [2.24, 2.45) is 5.73 Å². The highest BCUT2D eigenvalue weighted by molar-refractivity contribution is 6.31. The highest BCUT2D eigenvalue weighted by Gasteiger charge is 2.08. The summed E-state index contributed by atoms with van der Waals surface area (Å²) < 4.78 is 2.17. The topological polar surface area (TPSA) is 43.8 Å². The Labute approximate surface area is 116 Å². The molecular formula is C15H14ClN3. The number of nitrogens with two attached hydrogens (primary N) is 1. The van der Waals surface area contributed by atoms with E-state index in [0.29, 0.717) is 6.54 Å². The fourth-order valence-corrected chi connectivity index (χ4v) is 2.49. The van der Waals surface area contributed by atoms with Crippen molar-refractivity contribution >= 4 is 22.5 Å². The molecule has 0 amide bonds. The van der Waals surface area contributed by atoms with Gasteiger partial charge in [-0.05, 0) is 29.3 Å². The minimum Gasteiger partial charge on any atom is -0.343 e. The third kappa shape index (κ3) is 2.35. The molecule has 0 saturated carbocycles. The Morgan fingerprint density at radius 3 is 2.89 bits per heavy atom. The number of hydrogen-bond acceptors (Lipinski definition) is 2. The Morgan fingerprint density at radius 1 is 1.26 bits per heavy atom. The first-order valence-electron chi connectivity index (χ1n) is 6.14. The van der Waals surface area contributed by atoms with Gasteiger partial charge in [0.05, 0.1) is 5.52 Å². The summed E-state index contributed by atoms with van der Waals surface area (Å²) in [4.78, 5) is 4.14. The highest BCUT2D eigenvalue weighted by Crippen LogP contribution is 2.25. The third-order valence-electron chi connectivity index (χ3n) is 3.22. The van der Waals surface area contributed by atoms with Crippen LogP contribution in [0.2, 0.25) is 5.02 Å². The van der Waals surface area contributed by atoms with Gasteiger partial charge in [-0.2, -0.15) is 0 Å². The predicted octanol–water partition coefficient (Wildman–Crippen LogP) is 3.20. The second kappa shape index (κ2) is 5.03. The van der Waals surface area contributed by atoms with Crippen LogP contribution in [0.4, 0.5) is 0 Å². The maximum atomic E-state index is 6.09. The lowest BCUT2D eigenvalue weighted by Gasteiger charge is -2.05. The molecule has 1 aromatic carbocycles. The van der Waals surface area contributed by atoms with Gasteiger partial charge >= 0.3 is 0 Å². The number of nitrogens with zero attached hydrogens (tertiary/aromatic N) is 2. The van der Waals surface area contributed by atoms with Crippen molar-refractivity contribution in [2.75, 3.05) is 0 Å². The fourth-order valence-electron chi connectivity index (χ4n) is 2.32. The SMILES string of the molecule is NCc1cn(Cc2cccnc2)c2cc(Cl)ccc12. The number of fused-ring (bicyclic) bond motifs is 1. The maximum absolute atomic E-state index is 6.09. The van der Waals surface area contributed by atoms with E-state index < -0.39 is 0 Å². The lowest BCUT2D eigenvalue weighted by atomic mass is 10.2. The molecule has 4 heteroatoms. The van der Waals surface area contributed by atoms with Crippen molar-refractivity contribution in [3.8, 4) is 0 Å². The normalized spacial score (nSPS) is 11.1. The van der Waals surface area contributed by atoms with Gasteiger partial charge in [-0.15, -0.1) is 0 Å². The summed E-state index contributed by atoms with van der Waals surface area (Å²) in [5.74, 6) is 0. The Morgan fingerprint density at radius 2 is 2.16 bits per heavy atom. The average Bonchev–Trinajstić information content (AvgIpc) is 2.77. The third-order valence-corrected chi connectivity index (χ3v) is 3.46. The van der Waals surface area contributed by atoms with Crippen LogP contribution in [0.1, 0.15) is 11.1 Å². The minimum atomic E-state index is 0.526. The van der Waals surface area contributed by atoms with Gasteiger partial charge in [0.15, 0.2) is 0 Å². The summed E-state index contributed by atoms with van der Waals surface area (Å²) >= 11 is 6.09. The second-order valence-electron chi connectivity index (χ2n) is 4.51. The van der Waals surface area contributed by atoms with Crippen molar-refractivity contribution in [1.29, 1.82) is 0 Å². The van der Waals surface area contributed by atoms with Crippen LogP contribution >= 0.6 is 11.6 Å². The molecule has 0 radical (unpaired) electrons. The van der Waals surface area contributed by atoms with Crippen LogP contribution in [0.15, 0.2) is 48.9 Å². The first-order valence-corrected chi connectivity index (χ1v) is 6.52. The molecule has 3 nitrogen and oxygen atoms in total. The van der Waals surface area contributed by atoms with Crippen molar-refractivity contribution in [3.05, 3.63) is 65.1 Å². The fraction of sp³-hybridized carbons (Fsp3) is 0.133. The summed E-state index contributed by atoms with van der Waals surface area (Å²) in [6, 6.07) is 9.91. The number of halogens is 1. The van der Waals surface area contributed by atoms with Crippen LogP contribution in [0.5, 0.6) is 0 Å². The number of benzene rings is 1. The van der Waals surface area contributed by atoms with Crippen molar-refractivity contribution in [3.63, 3.8) is 0 Å². The van der Waals surface area contributed by atoms with Crippen LogP contribution in [0.3, 0.4) is 0 Å². The van der Waals surface area contributed by atoms with Gasteiger partial charge < -0.3 is 10.3 Å². The number of rotatable bonds is 3. The maximum Gasteiger partial charge on any atom is 0.0501 e. The molecule has 3 rings (SSSR count). The van der Waals surface area contributed by atoms with Crippen molar-refractivity contribution in [1.82, 2.24) is 9.55 Å². The smallest absolute Gasteiger partial charge is 0.0501 e. The molecule has 0 saturated heterocycles. The van der Waals surface area contributed by atoms with Gasteiger partial charge in [-0.1, -0.05) is 23.7 Å². The number of pyridine rings is 1. The minimum absolute atomic E-state index is 0.526. The summed E-state index contributed by atoms with van der Waals surface area (Å²) in [5.41, 5.74) is 9.20. The Kier molecular flexibility index (Phi) is 3.23. The van der Waals surface area contributed by atoms with Gasteiger partial charge in [0.25, 0.3) is 0 Å². The monoisotopic (exact) mass is 271 g/mol.